The van der Waals surface area contributed by atoms with Crippen LogP contribution >= 0.6 is 0 Å². The summed E-state index contributed by atoms with van der Waals surface area (Å²) >= 11 is 0. The summed E-state index contributed by atoms with van der Waals surface area (Å²) in [6.45, 7) is 1.01. The number of nitrogens with one attached hydrogen (secondary N) is 1. The molecule has 2 heterocycles. The number of aromatic amines is 1. The Morgan fingerprint density at radius 3 is 2.67 bits per heavy atom. The molecule has 0 radical (unpaired) electrons. The number of hydrogen-bond acceptors (Lipinski definition) is 4. The van der Waals surface area contributed by atoms with Gasteiger partial charge in [0.1, 0.15) is 5.75 Å². The Balaban J connectivity index is 1.79. The second-order valence-electron chi connectivity index (χ2n) is 5.04. The molecule has 21 heavy (non-hydrogen) atoms. The fourth-order valence-electron chi connectivity index (χ4n) is 2.59. The number of nitrogens with zero attached hydrogens (tertiary/aromatic N) is 2. The Hall–Kier alpha value is -1.86. The molecule has 1 fully saturated rings. The van der Waals surface area contributed by atoms with Crippen molar-refractivity contribution in [1.82, 2.24) is 14.5 Å². The first-order valence-electron chi connectivity index (χ1n) is 6.75. The highest BCUT2D eigenvalue weighted by Gasteiger charge is 2.33. The van der Waals surface area contributed by atoms with Gasteiger partial charge in [-0.25, -0.2) is 8.42 Å². The molecule has 1 aliphatic rings. The normalized spacial score (nSPS) is 19.8. The average molecular weight is 307 g/mol. The van der Waals surface area contributed by atoms with Crippen LogP contribution in [0.3, 0.4) is 0 Å². The first-order chi connectivity index (χ1) is 10.1. The van der Waals surface area contributed by atoms with Gasteiger partial charge in [0.05, 0.1) is 12.0 Å². The van der Waals surface area contributed by atoms with E-state index in [2.05, 4.69) is 10.2 Å². The molecule has 0 amide bonds. The van der Waals surface area contributed by atoms with Crippen LogP contribution in [0.15, 0.2) is 41.4 Å². The molecule has 2 aromatic rings. The maximum absolute atomic E-state index is 12.6. The van der Waals surface area contributed by atoms with Gasteiger partial charge in [0.2, 0.25) is 10.0 Å². The summed E-state index contributed by atoms with van der Waals surface area (Å²) < 4.78 is 31.8. The molecule has 7 heteroatoms. The largest absolute Gasteiger partial charge is 0.497 e. The predicted molar refractivity (Wildman–Crippen MR) is 77.7 cm³/mol. The fraction of sp³-hybridized carbons (Fsp3) is 0.357. The van der Waals surface area contributed by atoms with Crippen molar-refractivity contribution < 1.29 is 13.2 Å². The van der Waals surface area contributed by atoms with E-state index < -0.39 is 10.0 Å². The number of methoxy groups -OCH3 is 1. The monoisotopic (exact) mass is 307 g/mol. The molecule has 1 N–H and O–H groups in total. The van der Waals surface area contributed by atoms with Crippen LogP contribution < -0.4 is 4.74 Å². The predicted octanol–water partition coefficient (Wildman–Crippen LogP) is 1.60. The quantitative estimate of drug-likeness (QED) is 0.931. The molecule has 112 valence electrons. The van der Waals surface area contributed by atoms with E-state index in [0.29, 0.717) is 23.7 Å². The zero-order valence-electron chi connectivity index (χ0n) is 11.7. The number of hydrogen-bond donors (Lipinski definition) is 1. The summed E-state index contributed by atoms with van der Waals surface area (Å²) in [7, 11) is -1.89. The summed E-state index contributed by atoms with van der Waals surface area (Å²) in [6, 6.07) is 8.38. The lowest BCUT2D eigenvalue weighted by atomic mass is 10.1. The summed E-state index contributed by atoms with van der Waals surface area (Å²) in [5, 5.41) is 6.84. The van der Waals surface area contributed by atoms with E-state index in [1.807, 2.05) is 6.07 Å². The van der Waals surface area contributed by atoms with Crippen molar-refractivity contribution in [1.29, 1.82) is 0 Å². The van der Waals surface area contributed by atoms with Gasteiger partial charge in [-0.15, -0.1) is 0 Å². The van der Waals surface area contributed by atoms with E-state index in [-0.39, 0.29) is 5.92 Å². The molecule has 1 aliphatic heterocycles. The second kappa shape index (κ2) is 5.50. The van der Waals surface area contributed by atoms with Crippen LogP contribution in [0.25, 0.3) is 0 Å². The van der Waals surface area contributed by atoms with Gasteiger partial charge < -0.3 is 4.74 Å². The van der Waals surface area contributed by atoms with Crippen LogP contribution in [-0.4, -0.2) is 43.1 Å². The highest BCUT2D eigenvalue weighted by atomic mass is 32.2. The molecule has 0 aliphatic carbocycles. The minimum absolute atomic E-state index is 0.181. The third kappa shape index (κ3) is 2.66. The molecular formula is C14H17N3O3S. The second-order valence-corrected chi connectivity index (χ2v) is 6.97. The van der Waals surface area contributed by atoms with Crippen LogP contribution in [0, 0.1) is 0 Å². The van der Waals surface area contributed by atoms with Gasteiger partial charge in [-0.1, -0.05) is 0 Å². The van der Waals surface area contributed by atoms with Crippen LogP contribution in [0.5, 0.6) is 5.75 Å². The molecule has 1 aromatic heterocycles. The van der Waals surface area contributed by atoms with Gasteiger partial charge >= 0.3 is 0 Å². The van der Waals surface area contributed by atoms with Crippen LogP contribution in [-0.2, 0) is 10.0 Å². The summed E-state index contributed by atoms with van der Waals surface area (Å²) in [5.41, 5.74) is 0.988. The van der Waals surface area contributed by atoms with Crippen molar-refractivity contribution >= 4 is 10.0 Å². The maximum Gasteiger partial charge on any atom is 0.243 e. The first kappa shape index (κ1) is 14.1. The van der Waals surface area contributed by atoms with Crippen LogP contribution in [0.2, 0.25) is 0 Å². The number of sulfonamides is 1. The lowest BCUT2D eigenvalue weighted by molar-refractivity contribution is 0.414. The molecule has 3 rings (SSSR count). The van der Waals surface area contributed by atoms with Crippen molar-refractivity contribution in [3.63, 3.8) is 0 Å². The number of ether oxygens (including phenoxy) is 1. The van der Waals surface area contributed by atoms with E-state index in [1.54, 1.807) is 37.6 Å². The molecule has 0 bridgehead atoms. The lowest BCUT2D eigenvalue weighted by Crippen LogP contribution is -2.28. The average Bonchev–Trinajstić information content (AvgIpc) is 3.18. The highest BCUT2D eigenvalue weighted by Crippen LogP contribution is 2.30. The Kier molecular flexibility index (Phi) is 3.69. The Labute approximate surface area is 123 Å². The fourth-order valence-corrected chi connectivity index (χ4v) is 4.09. The molecule has 0 saturated carbocycles. The van der Waals surface area contributed by atoms with Crippen molar-refractivity contribution in [2.24, 2.45) is 0 Å². The zero-order chi connectivity index (χ0) is 14.9. The highest BCUT2D eigenvalue weighted by molar-refractivity contribution is 7.89. The number of rotatable bonds is 4. The van der Waals surface area contributed by atoms with Crippen molar-refractivity contribution in [2.45, 2.75) is 17.2 Å². The van der Waals surface area contributed by atoms with Gasteiger partial charge in [0, 0.05) is 30.9 Å². The number of benzene rings is 1. The summed E-state index contributed by atoms with van der Waals surface area (Å²) in [4.78, 5) is 0.300. The van der Waals surface area contributed by atoms with Crippen molar-refractivity contribution in [3.8, 4) is 5.75 Å². The van der Waals surface area contributed by atoms with Crippen LogP contribution in [0.1, 0.15) is 18.0 Å². The standard InChI is InChI=1S/C14H17N3O3S/c1-20-12-2-4-13(5-3-12)21(18,19)17-9-7-11(10-17)14-6-8-15-16-14/h2-6,8,11H,7,9-10H2,1H3,(H,15,16). The summed E-state index contributed by atoms with van der Waals surface area (Å²) in [6.07, 6.45) is 2.49. The molecule has 6 nitrogen and oxygen atoms in total. The molecule has 1 unspecified atom stereocenters. The van der Waals surface area contributed by atoms with E-state index in [4.69, 9.17) is 4.74 Å². The zero-order valence-corrected chi connectivity index (χ0v) is 12.5. The van der Waals surface area contributed by atoms with E-state index in [9.17, 15) is 8.42 Å². The molecular weight excluding hydrogens is 290 g/mol. The number of H-pyrrole nitrogens is 1. The third-order valence-corrected chi connectivity index (χ3v) is 5.69. The molecule has 1 aromatic carbocycles. The van der Waals surface area contributed by atoms with Crippen molar-refractivity contribution in [3.05, 3.63) is 42.2 Å². The van der Waals surface area contributed by atoms with Gasteiger partial charge in [-0.05, 0) is 36.8 Å². The Morgan fingerprint density at radius 1 is 1.29 bits per heavy atom. The summed E-state index contributed by atoms with van der Waals surface area (Å²) in [5.74, 6) is 0.825. The molecule has 1 saturated heterocycles. The maximum atomic E-state index is 12.6. The minimum atomic E-state index is -3.44. The van der Waals surface area contributed by atoms with Gasteiger partial charge in [0.25, 0.3) is 0 Å². The third-order valence-electron chi connectivity index (χ3n) is 3.81. The van der Waals surface area contributed by atoms with Gasteiger partial charge in [-0.3, -0.25) is 5.10 Å². The van der Waals surface area contributed by atoms with Gasteiger partial charge in [0.15, 0.2) is 0 Å². The van der Waals surface area contributed by atoms with E-state index >= 15 is 0 Å². The molecule has 1 atom stereocenters. The number of aromatic nitrogens is 2. The van der Waals surface area contributed by atoms with Gasteiger partial charge in [-0.2, -0.15) is 9.40 Å². The van der Waals surface area contributed by atoms with E-state index in [1.165, 1.54) is 4.31 Å². The Bertz CT molecular complexity index is 696. The minimum Gasteiger partial charge on any atom is -0.497 e. The van der Waals surface area contributed by atoms with Crippen molar-refractivity contribution in [2.75, 3.05) is 20.2 Å². The smallest absolute Gasteiger partial charge is 0.243 e. The van der Waals surface area contributed by atoms with Crippen LogP contribution in [0.4, 0.5) is 0 Å². The first-order valence-corrected chi connectivity index (χ1v) is 8.19. The lowest BCUT2D eigenvalue weighted by Gasteiger charge is -2.16. The topological polar surface area (TPSA) is 75.3 Å². The van der Waals surface area contributed by atoms with E-state index in [0.717, 1.165) is 12.1 Å². The SMILES string of the molecule is COc1ccc(S(=O)(=O)N2CCC(c3ccn[nH]3)C2)cc1. The molecule has 0 spiro atoms. The Morgan fingerprint density at radius 2 is 2.05 bits per heavy atom.